The maximum absolute atomic E-state index is 11.7. The zero-order valence-corrected chi connectivity index (χ0v) is 13.7. The van der Waals surface area contributed by atoms with Gasteiger partial charge in [-0.3, -0.25) is 0 Å². The number of anilines is 2. The summed E-state index contributed by atoms with van der Waals surface area (Å²) < 4.78 is 11.6. The second-order valence-corrected chi connectivity index (χ2v) is 5.90. The van der Waals surface area contributed by atoms with Gasteiger partial charge in [0.25, 0.3) is 0 Å². The highest BCUT2D eigenvalue weighted by molar-refractivity contribution is 14.1. The van der Waals surface area contributed by atoms with Crippen LogP contribution < -0.4 is 9.64 Å². The van der Waals surface area contributed by atoms with Crippen molar-refractivity contribution in [1.82, 2.24) is 0 Å². The van der Waals surface area contributed by atoms with Crippen LogP contribution in [0.1, 0.15) is 10.4 Å². The first kappa shape index (κ1) is 14.2. The van der Waals surface area contributed by atoms with Crippen molar-refractivity contribution in [1.29, 1.82) is 0 Å². The molecule has 0 fully saturated rings. The second-order valence-electron chi connectivity index (χ2n) is 4.65. The molecule has 0 saturated carbocycles. The van der Waals surface area contributed by atoms with Gasteiger partial charge in [-0.25, -0.2) is 4.79 Å². The van der Waals surface area contributed by atoms with Crippen molar-refractivity contribution in [2.75, 3.05) is 25.2 Å². The van der Waals surface area contributed by atoms with Gasteiger partial charge in [-0.2, -0.15) is 0 Å². The number of carbonyl (C=O) groups excluding carboxylic acids is 1. The second kappa shape index (κ2) is 5.93. The predicted octanol–water partition coefficient (Wildman–Crippen LogP) is 3.61. The number of fused-ring (bicyclic) bond motifs is 1. The molecule has 2 aromatic carbocycles. The summed E-state index contributed by atoms with van der Waals surface area (Å²) in [5.74, 6) is 0.443. The minimum Gasteiger partial charge on any atom is -0.490 e. The molecule has 1 heterocycles. The molecule has 0 bridgehead atoms. The van der Waals surface area contributed by atoms with Gasteiger partial charge in [0.05, 0.1) is 24.9 Å². The average Bonchev–Trinajstić information content (AvgIpc) is 2.54. The third-order valence-electron chi connectivity index (χ3n) is 3.38. The number of carbonyl (C=O) groups is 1. The van der Waals surface area contributed by atoms with Crippen LogP contribution in [0, 0.1) is 3.57 Å². The highest BCUT2D eigenvalue weighted by Crippen LogP contribution is 2.37. The zero-order chi connectivity index (χ0) is 14.8. The Hall–Kier alpha value is -1.76. The molecule has 1 aliphatic rings. The number of methoxy groups -OCH3 is 1. The van der Waals surface area contributed by atoms with E-state index in [9.17, 15) is 4.79 Å². The fraction of sp³-hybridized carbons (Fsp3) is 0.188. The molecular weight excluding hydrogens is 381 g/mol. The van der Waals surface area contributed by atoms with E-state index < -0.39 is 0 Å². The van der Waals surface area contributed by atoms with Crippen molar-refractivity contribution in [3.8, 4) is 5.75 Å². The first-order chi connectivity index (χ1) is 10.2. The maximum Gasteiger partial charge on any atom is 0.337 e. The Labute approximate surface area is 136 Å². The van der Waals surface area contributed by atoms with Gasteiger partial charge in [0.15, 0.2) is 0 Å². The molecule has 0 radical (unpaired) electrons. The molecule has 0 atom stereocenters. The Bertz CT molecular complexity index is 670. The number of rotatable bonds is 2. The molecular formula is C16H14INO3. The molecule has 0 unspecified atom stereocenters. The SMILES string of the molecule is COC(=O)c1ccc2c(c1)N(c1ccc(I)cc1)CCO2. The summed E-state index contributed by atoms with van der Waals surface area (Å²) >= 11 is 2.28. The van der Waals surface area contributed by atoms with Gasteiger partial charge >= 0.3 is 5.97 Å². The van der Waals surface area contributed by atoms with E-state index in [1.807, 2.05) is 12.1 Å². The lowest BCUT2D eigenvalue weighted by Crippen LogP contribution is -2.28. The fourth-order valence-electron chi connectivity index (χ4n) is 2.35. The van der Waals surface area contributed by atoms with Gasteiger partial charge in [-0.15, -0.1) is 0 Å². The number of hydrogen-bond donors (Lipinski definition) is 0. The van der Waals surface area contributed by atoms with Gasteiger partial charge in [-0.05, 0) is 65.1 Å². The predicted molar refractivity (Wildman–Crippen MR) is 89.4 cm³/mol. The molecule has 21 heavy (non-hydrogen) atoms. The molecule has 0 saturated heterocycles. The first-order valence-electron chi connectivity index (χ1n) is 6.57. The number of benzene rings is 2. The molecule has 5 heteroatoms. The van der Waals surface area contributed by atoms with Crippen LogP contribution in [0.25, 0.3) is 0 Å². The van der Waals surface area contributed by atoms with E-state index in [-0.39, 0.29) is 5.97 Å². The fourth-order valence-corrected chi connectivity index (χ4v) is 2.71. The van der Waals surface area contributed by atoms with Gasteiger partial charge in [0, 0.05) is 9.26 Å². The van der Waals surface area contributed by atoms with E-state index in [1.165, 1.54) is 10.7 Å². The lowest BCUT2D eigenvalue weighted by atomic mass is 10.1. The van der Waals surface area contributed by atoms with Crippen molar-refractivity contribution in [2.24, 2.45) is 0 Å². The number of hydrogen-bond acceptors (Lipinski definition) is 4. The number of nitrogens with zero attached hydrogens (tertiary/aromatic N) is 1. The van der Waals surface area contributed by atoms with Gasteiger partial charge in [0.1, 0.15) is 12.4 Å². The van der Waals surface area contributed by atoms with Crippen molar-refractivity contribution in [3.63, 3.8) is 0 Å². The molecule has 0 amide bonds. The lowest BCUT2D eigenvalue weighted by Gasteiger charge is -2.31. The summed E-state index contributed by atoms with van der Waals surface area (Å²) in [5, 5.41) is 0. The molecule has 0 aromatic heterocycles. The van der Waals surface area contributed by atoms with Crippen molar-refractivity contribution >= 4 is 39.9 Å². The van der Waals surface area contributed by atoms with E-state index in [0.717, 1.165) is 23.7 Å². The third kappa shape index (κ3) is 2.83. The summed E-state index contributed by atoms with van der Waals surface area (Å²) in [4.78, 5) is 13.9. The quantitative estimate of drug-likeness (QED) is 0.576. The highest BCUT2D eigenvalue weighted by atomic mass is 127. The summed E-state index contributed by atoms with van der Waals surface area (Å²) in [5.41, 5.74) is 2.50. The lowest BCUT2D eigenvalue weighted by molar-refractivity contribution is 0.0600. The largest absolute Gasteiger partial charge is 0.490 e. The van der Waals surface area contributed by atoms with Crippen LogP contribution in [0.15, 0.2) is 42.5 Å². The Morgan fingerprint density at radius 2 is 2.00 bits per heavy atom. The molecule has 0 N–H and O–H groups in total. The molecule has 2 aromatic rings. The Kier molecular flexibility index (Phi) is 4.01. The standard InChI is InChI=1S/C16H14INO3/c1-20-16(19)11-2-7-15-14(10-11)18(8-9-21-15)13-5-3-12(17)4-6-13/h2-7,10H,8-9H2,1H3. The van der Waals surface area contributed by atoms with Crippen LogP contribution in [-0.4, -0.2) is 26.2 Å². The Morgan fingerprint density at radius 3 is 2.71 bits per heavy atom. The van der Waals surface area contributed by atoms with Gasteiger partial charge < -0.3 is 14.4 Å². The molecule has 0 spiro atoms. The van der Waals surface area contributed by atoms with E-state index in [4.69, 9.17) is 9.47 Å². The van der Waals surface area contributed by atoms with Crippen LogP contribution in [0.4, 0.5) is 11.4 Å². The van der Waals surface area contributed by atoms with E-state index in [1.54, 1.807) is 6.07 Å². The third-order valence-corrected chi connectivity index (χ3v) is 4.10. The zero-order valence-electron chi connectivity index (χ0n) is 11.5. The summed E-state index contributed by atoms with van der Waals surface area (Å²) in [6, 6.07) is 13.6. The van der Waals surface area contributed by atoms with E-state index >= 15 is 0 Å². The van der Waals surface area contributed by atoms with E-state index in [2.05, 4.69) is 51.8 Å². The van der Waals surface area contributed by atoms with Crippen molar-refractivity contribution in [3.05, 3.63) is 51.6 Å². The molecule has 108 valence electrons. The maximum atomic E-state index is 11.7. The topological polar surface area (TPSA) is 38.8 Å². The number of ether oxygens (including phenoxy) is 2. The van der Waals surface area contributed by atoms with Crippen LogP contribution in [0.2, 0.25) is 0 Å². The van der Waals surface area contributed by atoms with E-state index in [0.29, 0.717) is 12.2 Å². The minimum absolute atomic E-state index is 0.342. The van der Waals surface area contributed by atoms with Crippen molar-refractivity contribution in [2.45, 2.75) is 0 Å². The molecule has 0 aliphatic carbocycles. The van der Waals surface area contributed by atoms with Crippen molar-refractivity contribution < 1.29 is 14.3 Å². The smallest absolute Gasteiger partial charge is 0.337 e. The summed E-state index contributed by atoms with van der Waals surface area (Å²) in [6.07, 6.45) is 0. The van der Waals surface area contributed by atoms with Gasteiger partial charge in [0.2, 0.25) is 0 Å². The summed E-state index contributed by atoms with van der Waals surface area (Å²) in [7, 11) is 1.38. The average molecular weight is 395 g/mol. The molecule has 1 aliphatic heterocycles. The van der Waals surface area contributed by atoms with Crippen LogP contribution in [0.3, 0.4) is 0 Å². The monoisotopic (exact) mass is 395 g/mol. The molecule has 3 rings (SSSR count). The Morgan fingerprint density at radius 1 is 1.24 bits per heavy atom. The normalized spacial score (nSPS) is 13.3. The van der Waals surface area contributed by atoms with Crippen LogP contribution in [0.5, 0.6) is 5.75 Å². The number of halogens is 1. The molecule has 4 nitrogen and oxygen atoms in total. The highest BCUT2D eigenvalue weighted by Gasteiger charge is 2.21. The Balaban J connectivity index is 2.03. The number of esters is 1. The summed E-state index contributed by atoms with van der Waals surface area (Å²) in [6.45, 7) is 1.37. The van der Waals surface area contributed by atoms with Crippen LogP contribution >= 0.6 is 22.6 Å². The van der Waals surface area contributed by atoms with Gasteiger partial charge in [-0.1, -0.05) is 0 Å². The van der Waals surface area contributed by atoms with Crippen LogP contribution in [-0.2, 0) is 4.74 Å². The first-order valence-corrected chi connectivity index (χ1v) is 7.65. The minimum atomic E-state index is -0.342.